The van der Waals surface area contributed by atoms with Crippen molar-refractivity contribution in [3.63, 3.8) is 0 Å². The molecule has 0 unspecified atom stereocenters. The van der Waals surface area contributed by atoms with Gasteiger partial charge >= 0.3 is 5.97 Å². The van der Waals surface area contributed by atoms with Gasteiger partial charge in [-0.05, 0) is 35.7 Å². The number of nitro groups is 1. The first kappa shape index (κ1) is 13.7. The Labute approximate surface area is 116 Å². The van der Waals surface area contributed by atoms with Gasteiger partial charge < -0.3 is 4.74 Å². The molecule has 20 heavy (non-hydrogen) atoms. The van der Waals surface area contributed by atoms with Crippen LogP contribution >= 0.6 is 0 Å². The Balaban J connectivity index is 2.54. The minimum absolute atomic E-state index is 0.0189. The van der Waals surface area contributed by atoms with Gasteiger partial charge in [-0.1, -0.05) is 18.2 Å². The van der Waals surface area contributed by atoms with Crippen molar-refractivity contribution in [3.8, 4) is 11.1 Å². The molecule has 0 aliphatic heterocycles. The fourth-order valence-corrected chi connectivity index (χ4v) is 1.96. The third kappa shape index (κ3) is 2.66. The lowest BCUT2D eigenvalue weighted by Crippen LogP contribution is -2.01. The molecule has 0 amide bonds. The second-order valence-corrected chi connectivity index (χ2v) is 4.33. The van der Waals surface area contributed by atoms with Crippen LogP contribution < -0.4 is 0 Å². The molecule has 0 saturated heterocycles. The number of carbonyl (C=O) groups is 1. The number of ether oxygens (including phenoxy) is 1. The molecule has 2 aromatic rings. The second-order valence-electron chi connectivity index (χ2n) is 4.33. The van der Waals surface area contributed by atoms with E-state index in [-0.39, 0.29) is 5.69 Å². The highest BCUT2D eigenvalue weighted by atomic mass is 16.6. The van der Waals surface area contributed by atoms with Gasteiger partial charge in [-0.2, -0.15) is 0 Å². The van der Waals surface area contributed by atoms with Gasteiger partial charge in [0.2, 0.25) is 0 Å². The highest BCUT2D eigenvalue weighted by Gasteiger charge is 2.12. The van der Waals surface area contributed by atoms with Crippen LogP contribution in [0.5, 0.6) is 0 Å². The van der Waals surface area contributed by atoms with Gasteiger partial charge in [0.15, 0.2) is 0 Å². The first-order valence-electron chi connectivity index (χ1n) is 5.96. The molecule has 0 saturated carbocycles. The number of nitrogens with zero attached hydrogens (tertiary/aromatic N) is 1. The van der Waals surface area contributed by atoms with Crippen LogP contribution in [0.25, 0.3) is 11.1 Å². The van der Waals surface area contributed by atoms with E-state index < -0.39 is 10.9 Å². The van der Waals surface area contributed by atoms with Crippen molar-refractivity contribution in [2.45, 2.75) is 6.92 Å². The van der Waals surface area contributed by atoms with Crippen molar-refractivity contribution >= 4 is 11.7 Å². The third-order valence-corrected chi connectivity index (χ3v) is 3.03. The number of carbonyl (C=O) groups excluding carboxylic acids is 1. The zero-order valence-corrected chi connectivity index (χ0v) is 11.1. The van der Waals surface area contributed by atoms with Gasteiger partial charge in [-0.15, -0.1) is 0 Å². The fraction of sp³-hybridized carbons (Fsp3) is 0.133. The number of methoxy groups -OCH3 is 1. The molecule has 5 nitrogen and oxygen atoms in total. The van der Waals surface area contributed by atoms with E-state index in [1.54, 1.807) is 30.3 Å². The standard InChI is InChI=1S/C15H13NO4/c1-10-6-7-12(15(17)20-2)9-14(10)11-4-3-5-13(8-11)16(18)19/h3-9H,1-2H3. The third-order valence-electron chi connectivity index (χ3n) is 3.03. The highest BCUT2D eigenvalue weighted by molar-refractivity contribution is 5.91. The SMILES string of the molecule is COC(=O)c1ccc(C)c(-c2cccc([N+](=O)[O-])c2)c1. The van der Waals surface area contributed by atoms with Crippen molar-refractivity contribution in [2.75, 3.05) is 7.11 Å². The molecule has 0 aliphatic carbocycles. The normalized spacial score (nSPS) is 10.1. The smallest absolute Gasteiger partial charge is 0.337 e. The van der Waals surface area contributed by atoms with Crippen LogP contribution in [0.15, 0.2) is 42.5 Å². The Hall–Kier alpha value is -2.69. The molecule has 0 bridgehead atoms. The van der Waals surface area contributed by atoms with Gasteiger partial charge in [0.1, 0.15) is 0 Å². The summed E-state index contributed by atoms with van der Waals surface area (Å²) >= 11 is 0. The predicted octanol–water partition coefficient (Wildman–Crippen LogP) is 3.36. The van der Waals surface area contributed by atoms with Crippen LogP contribution in [-0.2, 0) is 4.74 Å². The van der Waals surface area contributed by atoms with Gasteiger partial charge in [0.05, 0.1) is 17.6 Å². The number of nitro benzene ring substituents is 1. The average Bonchev–Trinajstić information content (AvgIpc) is 2.47. The molecule has 0 heterocycles. The van der Waals surface area contributed by atoms with Crippen LogP contribution in [-0.4, -0.2) is 18.0 Å². The van der Waals surface area contributed by atoms with Crippen molar-refractivity contribution < 1.29 is 14.5 Å². The molecule has 102 valence electrons. The van der Waals surface area contributed by atoms with Crippen LogP contribution in [0.1, 0.15) is 15.9 Å². The molecule has 0 N–H and O–H groups in total. The second kappa shape index (κ2) is 5.52. The van der Waals surface area contributed by atoms with Crippen LogP contribution in [0.3, 0.4) is 0 Å². The van der Waals surface area contributed by atoms with Crippen molar-refractivity contribution in [1.29, 1.82) is 0 Å². The summed E-state index contributed by atoms with van der Waals surface area (Å²) in [5.74, 6) is -0.434. The summed E-state index contributed by atoms with van der Waals surface area (Å²) in [5.41, 5.74) is 2.84. The number of hydrogen-bond donors (Lipinski definition) is 0. The Morgan fingerprint density at radius 2 is 1.95 bits per heavy atom. The van der Waals surface area contributed by atoms with Crippen LogP contribution in [0, 0.1) is 17.0 Å². The number of rotatable bonds is 3. The molecule has 5 heteroatoms. The van der Waals surface area contributed by atoms with E-state index in [2.05, 4.69) is 4.74 Å². The van der Waals surface area contributed by atoms with Crippen molar-refractivity contribution in [3.05, 3.63) is 63.7 Å². The van der Waals surface area contributed by atoms with E-state index in [0.717, 1.165) is 11.1 Å². The Morgan fingerprint density at radius 1 is 1.20 bits per heavy atom. The average molecular weight is 271 g/mol. The zero-order chi connectivity index (χ0) is 14.7. The molecule has 0 spiro atoms. The molecular formula is C15H13NO4. The van der Waals surface area contributed by atoms with Crippen molar-refractivity contribution in [1.82, 2.24) is 0 Å². The summed E-state index contributed by atoms with van der Waals surface area (Å²) in [5, 5.41) is 10.8. The highest BCUT2D eigenvalue weighted by Crippen LogP contribution is 2.27. The maximum Gasteiger partial charge on any atom is 0.337 e. The van der Waals surface area contributed by atoms with E-state index in [4.69, 9.17) is 0 Å². The molecule has 2 aromatic carbocycles. The van der Waals surface area contributed by atoms with E-state index in [0.29, 0.717) is 11.1 Å². The van der Waals surface area contributed by atoms with E-state index in [1.165, 1.54) is 19.2 Å². The van der Waals surface area contributed by atoms with Gasteiger partial charge in [0.25, 0.3) is 5.69 Å². The Kier molecular flexibility index (Phi) is 3.79. The summed E-state index contributed by atoms with van der Waals surface area (Å²) in [6.07, 6.45) is 0. The Morgan fingerprint density at radius 3 is 2.60 bits per heavy atom. The van der Waals surface area contributed by atoms with Crippen LogP contribution in [0.4, 0.5) is 5.69 Å². The molecule has 0 radical (unpaired) electrons. The van der Waals surface area contributed by atoms with E-state index >= 15 is 0 Å². The lowest BCUT2D eigenvalue weighted by atomic mass is 9.98. The van der Waals surface area contributed by atoms with Gasteiger partial charge in [0, 0.05) is 12.1 Å². The lowest BCUT2D eigenvalue weighted by Gasteiger charge is -2.08. The maximum atomic E-state index is 11.6. The number of non-ortho nitro benzene ring substituents is 1. The van der Waals surface area contributed by atoms with Gasteiger partial charge in [-0.3, -0.25) is 10.1 Å². The first-order valence-corrected chi connectivity index (χ1v) is 5.96. The summed E-state index contributed by atoms with van der Waals surface area (Å²) in [4.78, 5) is 21.9. The molecule has 0 fully saturated rings. The van der Waals surface area contributed by atoms with Crippen LogP contribution in [0.2, 0.25) is 0 Å². The number of aryl methyl sites for hydroxylation is 1. The fourth-order valence-electron chi connectivity index (χ4n) is 1.96. The largest absolute Gasteiger partial charge is 0.465 e. The molecule has 2 rings (SSSR count). The van der Waals surface area contributed by atoms with E-state index in [9.17, 15) is 14.9 Å². The number of benzene rings is 2. The Bertz CT molecular complexity index is 679. The maximum absolute atomic E-state index is 11.6. The number of esters is 1. The topological polar surface area (TPSA) is 69.4 Å². The van der Waals surface area contributed by atoms with Crippen molar-refractivity contribution in [2.24, 2.45) is 0 Å². The summed E-state index contributed by atoms with van der Waals surface area (Å²) < 4.78 is 4.68. The molecule has 0 atom stereocenters. The van der Waals surface area contributed by atoms with E-state index in [1.807, 2.05) is 6.92 Å². The molecular weight excluding hydrogens is 258 g/mol. The zero-order valence-electron chi connectivity index (χ0n) is 11.1. The predicted molar refractivity (Wildman–Crippen MR) is 74.6 cm³/mol. The summed E-state index contributed by atoms with van der Waals surface area (Å²) in [7, 11) is 1.31. The lowest BCUT2D eigenvalue weighted by molar-refractivity contribution is -0.384. The monoisotopic (exact) mass is 271 g/mol. The number of hydrogen-bond acceptors (Lipinski definition) is 4. The quantitative estimate of drug-likeness (QED) is 0.487. The minimum Gasteiger partial charge on any atom is -0.465 e. The first-order chi connectivity index (χ1) is 9.52. The molecule has 0 aliphatic rings. The van der Waals surface area contributed by atoms with Gasteiger partial charge in [-0.25, -0.2) is 4.79 Å². The molecule has 0 aromatic heterocycles. The summed E-state index contributed by atoms with van der Waals surface area (Å²) in [6.45, 7) is 1.88. The summed E-state index contributed by atoms with van der Waals surface area (Å²) in [6, 6.07) is 11.5. The minimum atomic E-state index is -0.441.